The topological polar surface area (TPSA) is 85.8 Å². The number of carbonyl (C=O) groups excluding carboxylic acids is 1. The predicted octanol–water partition coefficient (Wildman–Crippen LogP) is 3.65. The van der Waals surface area contributed by atoms with E-state index in [1.54, 1.807) is 0 Å². The number of aromatic nitrogens is 3. The van der Waals surface area contributed by atoms with E-state index >= 15 is 0 Å². The summed E-state index contributed by atoms with van der Waals surface area (Å²) in [6, 6.07) is 0.105. The van der Waals surface area contributed by atoms with Crippen molar-refractivity contribution in [2.45, 2.75) is 58.0 Å². The number of aryl methyl sites for hydroxylation is 1. The Morgan fingerprint density at radius 3 is 3.04 bits per heavy atom. The zero-order valence-electron chi connectivity index (χ0n) is 14.5. The van der Waals surface area contributed by atoms with Crippen molar-refractivity contribution in [3.05, 3.63) is 22.4 Å². The highest BCUT2D eigenvalue weighted by Crippen LogP contribution is 2.31. The van der Waals surface area contributed by atoms with Crippen LogP contribution in [-0.2, 0) is 11.3 Å². The lowest BCUT2D eigenvalue weighted by Crippen LogP contribution is -2.33. The number of nitrogens with zero attached hydrogens (tertiary/aromatic N) is 3. The molecule has 3 N–H and O–H groups in total. The molecule has 1 atom stereocenters. The van der Waals surface area contributed by atoms with E-state index < -0.39 is 0 Å². The van der Waals surface area contributed by atoms with Crippen molar-refractivity contribution in [2.24, 2.45) is 0 Å². The van der Waals surface area contributed by atoms with Crippen LogP contribution in [0.2, 0.25) is 0 Å². The van der Waals surface area contributed by atoms with Gasteiger partial charge in [0.05, 0.1) is 10.9 Å². The van der Waals surface area contributed by atoms with E-state index in [2.05, 4.69) is 43.5 Å². The van der Waals surface area contributed by atoms with Crippen LogP contribution in [0, 0.1) is 0 Å². The van der Waals surface area contributed by atoms with Crippen LogP contribution in [0.3, 0.4) is 0 Å². The van der Waals surface area contributed by atoms with Gasteiger partial charge in [0.1, 0.15) is 10.4 Å². The van der Waals surface area contributed by atoms with Gasteiger partial charge >= 0.3 is 0 Å². The Kier molecular flexibility index (Phi) is 5.73. The monoisotopic (exact) mass is 405 g/mol. The first-order valence-electron chi connectivity index (χ1n) is 8.82. The van der Waals surface area contributed by atoms with E-state index in [4.69, 9.17) is 5.73 Å². The molecule has 0 saturated heterocycles. The van der Waals surface area contributed by atoms with E-state index in [1.165, 1.54) is 0 Å². The largest absolute Gasteiger partial charge is 0.383 e. The molecule has 2 aromatic heterocycles. The summed E-state index contributed by atoms with van der Waals surface area (Å²) in [5.41, 5.74) is 8.08. The molecule has 0 aromatic carbocycles. The van der Waals surface area contributed by atoms with Crippen LogP contribution in [0.5, 0.6) is 0 Å². The van der Waals surface area contributed by atoms with Crippen LogP contribution in [0.25, 0.3) is 17.0 Å². The zero-order valence-corrected chi connectivity index (χ0v) is 16.1. The van der Waals surface area contributed by atoms with Gasteiger partial charge in [-0.1, -0.05) is 18.6 Å². The average Bonchev–Trinajstić information content (AvgIpc) is 2.91. The van der Waals surface area contributed by atoms with Gasteiger partial charge in [-0.2, -0.15) is 5.10 Å². The number of hydrogen-bond donors (Lipinski definition) is 2. The first-order chi connectivity index (χ1) is 12.1. The normalized spacial score (nSPS) is 21.4. The highest BCUT2D eigenvalue weighted by Gasteiger charge is 2.16. The molecule has 0 aliphatic carbocycles. The minimum Gasteiger partial charge on any atom is -0.383 e. The second-order valence-electron chi connectivity index (χ2n) is 6.60. The quantitative estimate of drug-likeness (QED) is 0.700. The third-order valence-electron chi connectivity index (χ3n) is 4.54. The summed E-state index contributed by atoms with van der Waals surface area (Å²) in [7, 11) is 0. The molecule has 0 fully saturated rings. The standard InChI is InChI=1S/C18H24BrN5O/c1-12-9-10-24-16-13(11-21-18(20)15(16)17(19)23-24)7-5-3-2-4-6-8-14(25)22-12/h5,7,11-12H,2-4,6,8-10H2,1H3,(H2,20,21)(H,22,25)/b7-5+/t12-/m1/s1. The third-order valence-corrected chi connectivity index (χ3v) is 5.09. The van der Waals surface area contributed by atoms with Crippen molar-refractivity contribution in [1.82, 2.24) is 20.1 Å². The van der Waals surface area contributed by atoms with Gasteiger partial charge in [0, 0.05) is 30.8 Å². The minimum absolute atomic E-state index is 0.105. The summed E-state index contributed by atoms with van der Waals surface area (Å²) in [4.78, 5) is 16.3. The highest BCUT2D eigenvalue weighted by atomic mass is 79.9. The first-order valence-corrected chi connectivity index (χ1v) is 9.62. The molecule has 0 saturated carbocycles. The summed E-state index contributed by atoms with van der Waals surface area (Å²) in [6.45, 7) is 2.74. The summed E-state index contributed by atoms with van der Waals surface area (Å²) in [6.07, 6.45) is 11.5. The molecule has 3 heterocycles. The van der Waals surface area contributed by atoms with Gasteiger partial charge in [-0.3, -0.25) is 9.48 Å². The number of hydrogen-bond acceptors (Lipinski definition) is 4. The Morgan fingerprint density at radius 2 is 2.20 bits per heavy atom. The summed E-state index contributed by atoms with van der Waals surface area (Å²) in [5.74, 6) is 0.614. The molecule has 3 rings (SSSR count). The second kappa shape index (κ2) is 7.99. The number of allylic oxidation sites excluding steroid dienone is 1. The lowest BCUT2D eigenvalue weighted by Gasteiger charge is -2.14. The van der Waals surface area contributed by atoms with Crippen LogP contribution < -0.4 is 11.1 Å². The fourth-order valence-electron chi connectivity index (χ4n) is 3.17. The molecule has 1 amide bonds. The van der Waals surface area contributed by atoms with Crippen molar-refractivity contribution in [2.75, 3.05) is 5.73 Å². The zero-order chi connectivity index (χ0) is 17.8. The number of amides is 1. The van der Waals surface area contributed by atoms with Gasteiger partial charge in [-0.25, -0.2) is 4.98 Å². The Bertz CT molecular complexity index is 798. The molecule has 1 aliphatic heterocycles. The Labute approximate surface area is 156 Å². The van der Waals surface area contributed by atoms with Gasteiger partial charge < -0.3 is 11.1 Å². The van der Waals surface area contributed by atoms with Gasteiger partial charge in [0.15, 0.2) is 0 Å². The van der Waals surface area contributed by atoms with E-state index in [1.807, 2.05) is 17.8 Å². The van der Waals surface area contributed by atoms with Gasteiger partial charge in [0.25, 0.3) is 0 Å². The fraction of sp³-hybridized carbons (Fsp3) is 0.500. The lowest BCUT2D eigenvalue weighted by atomic mass is 10.1. The van der Waals surface area contributed by atoms with E-state index in [0.717, 1.165) is 48.6 Å². The number of carbonyl (C=O) groups is 1. The Hall–Kier alpha value is -1.89. The number of anilines is 1. The van der Waals surface area contributed by atoms with E-state index in [-0.39, 0.29) is 11.9 Å². The molecular weight excluding hydrogens is 382 g/mol. The lowest BCUT2D eigenvalue weighted by molar-refractivity contribution is -0.121. The molecular formula is C18H24BrN5O. The molecule has 7 heteroatoms. The molecule has 134 valence electrons. The van der Waals surface area contributed by atoms with Crippen molar-refractivity contribution in [3.8, 4) is 0 Å². The fourth-order valence-corrected chi connectivity index (χ4v) is 3.75. The third kappa shape index (κ3) is 4.21. The molecule has 1 aliphatic rings. The molecule has 6 nitrogen and oxygen atoms in total. The Morgan fingerprint density at radius 1 is 1.36 bits per heavy atom. The van der Waals surface area contributed by atoms with Crippen molar-refractivity contribution in [3.63, 3.8) is 0 Å². The number of halogens is 1. The molecule has 2 aromatic rings. The minimum atomic E-state index is 0.105. The number of nitrogens with two attached hydrogens (primary N) is 1. The number of pyridine rings is 1. The molecule has 0 spiro atoms. The van der Waals surface area contributed by atoms with Crippen molar-refractivity contribution in [1.29, 1.82) is 0 Å². The maximum atomic E-state index is 12.0. The molecule has 0 radical (unpaired) electrons. The summed E-state index contributed by atoms with van der Waals surface area (Å²) >= 11 is 3.51. The average molecular weight is 406 g/mol. The predicted molar refractivity (Wildman–Crippen MR) is 104 cm³/mol. The van der Waals surface area contributed by atoms with Gasteiger partial charge in [0.2, 0.25) is 5.91 Å². The van der Waals surface area contributed by atoms with Crippen LogP contribution in [0.1, 0.15) is 51.0 Å². The van der Waals surface area contributed by atoms with Gasteiger partial charge in [-0.15, -0.1) is 0 Å². The maximum Gasteiger partial charge on any atom is 0.220 e. The van der Waals surface area contributed by atoms with Crippen LogP contribution in [0.4, 0.5) is 5.82 Å². The number of rotatable bonds is 0. The maximum absolute atomic E-state index is 12.0. The smallest absolute Gasteiger partial charge is 0.220 e. The van der Waals surface area contributed by atoms with Crippen LogP contribution >= 0.6 is 15.9 Å². The van der Waals surface area contributed by atoms with Crippen molar-refractivity contribution < 1.29 is 4.79 Å². The molecule has 25 heavy (non-hydrogen) atoms. The first kappa shape index (κ1) is 17.9. The SMILES string of the molecule is C[C@@H]1CCn2nc(Br)c3c(N)ncc(c32)/C=C/CCCCCC(=O)N1. The summed E-state index contributed by atoms with van der Waals surface area (Å²) < 4.78 is 2.67. The van der Waals surface area contributed by atoms with E-state index in [9.17, 15) is 4.79 Å². The molecule has 0 bridgehead atoms. The van der Waals surface area contributed by atoms with Crippen LogP contribution in [0.15, 0.2) is 16.9 Å². The summed E-state index contributed by atoms with van der Waals surface area (Å²) in [5, 5.41) is 8.52. The number of nitrogen functional groups attached to an aromatic ring is 1. The van der Waals surface area contributed by atoms with Crippen molar-refractivity contribution >= 4 is 44.6 Å². The second-order valence-corrected chi connectivity index (χ2v) is 7.35. The highest BCUT2D eigenvalue weighted by molar-refractivity contribution is 9.10. The van der Waals surface area contributed by atoms with Crippen LogP contribution in [-0.4, -0.2) is 26.7 Å². The Balaban J connectivity index is 1.98. The number of nitrogens with one attached hydrogen (secondary N) is 1. The van der Waals surface area contributed by atoms with E-state index in [0.29, 0.717) is 23.4 Å². The molecule has 0 unspecified atom stereocenters. The van der Waals surface area contributed by atoms with Gasteiger partial charge in [-0.05, 0) is 48.5 Å².